The minimum absolute atomic E-state index is 0.0419. The van der Waals surface area contributed by atoms with Crippen molar-refractivity contribution in [3.8, 4) is 0 Å². The zero-order valence-electron chi connectivity index (χ0n) is 9.55. The van der Waals surface area contributed by atoms with Gasteiger partial charge in [-0.2, -0.15) is 0 Å². The molecular formula is C14H15NO. The highest BCUT2D eigenvalue weighted by Crippen LogP contribution is 2.21. The Morgan fingerprint density at radius 1 is 1.00 bits per heavy atom. The molecule has 0 amide bonds. The van der Waals surface area contributed by atoms with Gasteiger partial charge in [0.25, 0.3) is 0 Å². The molecule has 0 spiro atoms. The lowest BCUT2D eigenvalue weighted by Crippen LogP contribution is -2.20. The van der Waals surface area contributed by atoms with Gasteiger partial charge in [0, 0.05) is 24.7 Å². The van der Waals surface area contributed by atoms with Crippen LogP contribution >= 0.6 is 0 Å². The predicted molar refractivity (Wildman–Crippen MR) is 65.6 cm³/mol. The standard InChI is InChI=1S/C14H15NO/c1-11(12-7-4-3-5-8-12)13-9-6-10-14(16)15(13)2/h3-11H,1-2H3. The molecule has 0 saturated carbocycles. The predicted octanol–water partition coefficient (Wildman–Crippen LogP) is 2.54. The molecular weight excluding hydrogens is 198 g/mol. The number of rotatable bonds is 2. The Morgan fingerprint density at radius 3 is 2.38 bits per heavy atom. The maximum absolute atomic E-state index is 11.5. The van der Waals surface area contributed by atoms with E-state index >= 15 is 0 Å². The van der Waals surface area contributed by atoms with E-state index in [0.29, 0.717) is 0 Å². The lowest BCUT2D eigenvalue weighted by atomic mass is 9.97. The van der Waals surface area contributed by atoms with Crippen molar-refractivity contribution in [1.29, 1.82) is 0 Å². The van der Waals surface area contributed by atoms with Crippen LogP contribution in [0.1, 0.15) is 24.1 Å². The first-order chi connectivity index (χ1) is 7.70. The molecule has 0 aliphatic heterocycles. The van der Waals surface area contributed by atoms with Crippen LogP contribution in [0.3, 0.4) is 0 Å². The minimum Gasteiger partial charge on any atom is -0.315 e. The Balaban J connectivity index is 2.46. The third-order valence-corrected chi connectivity index (χ3v) is 2.97. The first kappa shape index (κ1) is 10.7. The lowest BCUT2D eigenvalue weighted by molar-refractivity contribution is 0.730. The number of aromatic nitrogens is 1. The van der Waals surface area contributed by atoms with E-state index in [1.807, 2.05) is 37.4 Å². The number of nitrogens with zero attached hydrogens (tertiary/aromatic N) is 1. The summed E-state index contributed by atoms with van der Waals surface area (Å²) >= 11 is 0. The average Bonchev–Trinajstić information content (AvgIpc) is 2.33. The van der Waals surface area contributed by atoms with Crippen molar-refractivity contribution < 1.29 is 0 Å². The van der Waals surface area contributed by atoms with E-state index in [2.05, 4.69) is 19.1 Å². The zero-order valence-corrected chi connectivity index (χ0v) is 9.55. The summed E-state index contributed by atoms with van der Waals surface area (Å²) in [6.07, 6.45) is 0. The molecule has 1 unspecified atom stereocenters. The van der Waals surface area contributed by atoms with Crippen LogP contribution in [0, 0.1) is 0 Å². The number of benzene rings is 1. The fraction of sp³-hybridized carbons (Fsp3) is 0.214. The third-order valence-electron chi connectivity index (χ3n) is 2.97. The smallest absolute Gasteiger partial charge is 0.250 e. The van der Waals surface area contributed by atoms with E-state index in [0.717, 1.165) is 5.69 Å². The summed E-state index contributed by atoms with van der Waals surface area (Å²) in [5.74, 6) is 0.236. The van der Waals surface area contributed by atoms with E-state index in [-0.39, 0.29) is 11.5 Å². The zero-order chi connectivity index (χ0) is 11.5. The molecule has 82 valence electrons. The molecule has 2 nitrogen and oxygen atoms in total. The molecule has 1 atom stereocenters. The first-order valence-electron chi connectivity index (χ1n) is 5.41. The van der Waals surface area contributed by atoms with Crippen molar-refractivity contribution in [1.82, 2.24) is 4.57 Å². The van der Waals surface area contributed by atoms with Crippen LogP contribution in [-0.4, -0.2) is 4.57 Å². The van der Waals surface area contributed by atoms with Gasteiger partial charge in [-0.3, -0.25) is 4.79 Å². The molecule has 0 fully saturated rings. The molecule has 0 radical (unpaired) electrons. The molecule has 16 heavy (non-hydrogen) atoms. The average molecular weight is 213 g/mol. The second-order valence-electron chi connectivity index (χ2n) is 3.98. The van der Waals surface area contributed by atoms with Crippen molar-refractivity contribution >= 4 is 0 Å². The fourth-order valence-corrected chi connectivity index (χ4v) is 1.93. The molecule has 1 aromatic carbocycles. The molecule has 0 saturated heterocycles. The molecule has 0 aliphatic carbocycles. The maximum atomic E-state index is 11.5. The number of hydrogen-bond donors (Lipinski definition) is 0. The summed E-state index contributed by atoms with van der Waals surface area (Å²) in [6, 6.07) is 15.6. The fourth-order valence-electron chi connectivity index (χ4n) is 1.93. The second kappa shape index (κ2) is 4.35. The Labute approximate surface area is 95.2 Å². The Bertz CT molecular complexity index is 528. The summed E-state index contributed by atoms with van der Waals surface area (Å²) in [5.41, 5.74) is 2.31. The largest absolute Gasteiger partial charge is 0.315 e. The quantitative estimate of drug-likeness (QED) is 0.751. The molecule has 2 aromatic rings. The summed E-state index contributed by atoms with van der Waals surface area (Å²) in [5, 5.41) is 0. The van der Waals surface area contributed by atoms with Crippen LogP contribution in [0.25, 0.3) is 0 Å². The molecule has 0 bridgehead atoms. The molecule has 1 heterocycles. The second-order valence-corrected chi connectivity index (χ2v) is 3.98. The van der Waals surface area contributed by atoms with Gasteiger partial charge >= 0.3 is 0 Å². The minimum atomic E-state index is 0.0419. The molecule has 0 aliphatic rings. The van der Waals surface area contributed by atoms with Gasteiger partial charge in [-0.05, 0) is 11.6 Å². The van der Waals surface area contributed by atoms with Gasteiger partial charge in [0.15, 0.2) is 0 Å². The van der Waals surface area contributed by atoms with Gasteiger partial charge in [-0.1, -0.05) is 43.3 Å². The van der Waals surface area contributed by atoms with Crippen LogP contribution in [0.2, 0.25) is 0 Å². The van der Waals surface area contributed by atoms with E-state index in [1.165, 1.54) is 5.56 Å². The molecule has 0 N–H and O–H groups in total. The number of hydrogen-bond acceptors (Lipinski definition) is 1. The first-order valence-corrected chi connectivity index (χ1v) is 5.41. The van der Waals surface area contributed by atoms with Crippen molar-refractivity contribution in [2.75, 3.05) is 0 Å². The van der Waals surface area contributed by atoms with Crippen LogP contribution in [0.4, 0.5) is 0 Å². The summed E-state index contributed by atoms with van der Waals surface area (Å²) in [6.45, 7) is 2.12. The van der Waals surface area contributed by atoms with E-state index < -0.39 is 0 Å². The van der Waals surface area contributed by atoms with Crippen molar-refractivity contribution in [2.45, 2.75) is 12.8 Å². The van der Waals surface area contributed by atoms with Crippen molar-refractivity contribution in [3.63, 3.8) is 0 Å². The SMILES string of the molecule is CC(c1ccccc1)c1cccc(=O)n1C. The van der Waals surface area contributed by atoms with Gasteiger partial charge in [0.1, 0.15) is 0 Å². The summed E-state index contributed by atoms with van der Waals surface area (Å²) < 4.78 is 1.71. The summed E-state index contributed by atoms with van der Waals surface area (Å²) in [4.78, 5) is 11.5. The molecule has 1 aromatic heterocycles. The Kier molecular flexibility index (Phi) is 2.91. The van der Waals surface area contributed by atoms with Gasteiger partial charge in [0.2, 0.25) is 5.56 Å². The van der Waals surface area contributed by atoms with E-state index in [9.17, 15) is 4.79 Å². The molecule has 2 rings (SSSR count). The maximum Gasteiger partial charge on any atom is 0.250 e. The van der Waals surface area contributed by atoms with Crippen LogP contribution in [-0.2, 0) is 7.05 Å². The monoisotopic (exact) mass is 213 g/mol. The van der Waals surface area contributed by atoms with Gasteiger partial charge in [0.05, 0.1) is 0 Å². The van der Waals surface area contributed by atoms with E-state index in [1.54, 1.807) is 10.6 Å². The van der Waals surface area contributed by atoms with Gasteiger partial charge < -0.3 is 4.57 Å². The summed E-state index contributed by atoms with van der Waals surface area (Å²) in [7, 11) is 1.82. The highest BCUT2D eigenvalue weighted by Gasteiger charge is 2.10. The van der Waals surface area contributed by atoms with Gasteiger partial charge in [-0.15, -0.1) is 0 Å². The highest BCUT2D eigenvalue weighted by molar-refractivity contribution is 5.27. The van der Waals surface area contributed by atoms with Crippen LogP contribution < -0.4 is 5.56 Å². The topological polar surface area (TPSA) is 22.0 Å². The highest BCUT2D eigenvalue weighted by atomic mass is 16.1. The normalized spacial score (nSPS) is 12.4. The van der Waals surface area contributed by atoms with E-state index in [4.69, 9.17) is 0 Å². The Morgan fingerprint density at radius 2 is 1.69 bits per heavy atom. The van der Waals surface area contributed by atoms with Crippen molar-refractivity contribution in [3.05, 3.63) is 70.1 Å². The van der Waals surface area contributed by atoms with Crippen molar-refractivity contribution in [2.24, 2.45) is 7.05 Å². The lowest BCUT2D eigenvalue weighted by Gasteiger charge is -2.15. The van der Waals surface area contributed by atoms with Crippen LogP contribution in [0.15, 0.2) is 53.3 Å². The van der Waals surface area contributed by atoms with Gasteiger partial charge in [-0.25, -0.2) is 0 Å². The molecule has 2 heteroatoms. The van der Waals surface area contributed by atoms with Crippen LogP contribution in [0.5, 0.6) is 0 Å². The Hall–Kier alpha value is -1.83. The third kappa shape index (κ3) is 1.91. The number of pyridine rings is 1.